The monoisotopic (exact) mass is 531 g/mol. The van der Waals surface area contributed by atoms with Gasteiger partial charge in [-0.05, 0) is 12.0 Å². The molecule has 1 aliphatic heterocycles. The lowest BCUT2D eigenvalue weighted by molar-refractivity contribution is 0.0403. The lowest BCUT2D eigenvalue weighted by Gasteiger charge is -2.35. The fraction of sp³-hybridized carbons (Fsp3) is 0.500. The van der Waals surface area contributed by atoms with E-state index in [1.807, 2.05) is 29.8 Å². The summed E-state index contributed by atoms with van der Waals surface area (Å²) in [6.07, 6.45) is 2.71. The van der Waals surface area contributed by atoms with E-state index < -0.39 is 0 Å². The van der Waals surface area contributed by atoms with Crippen molar-refractivity contribution in [3.05, 3.63) is 47.5 Å². The molecule has 29 heavy (non-hydrogen) atoms. The summed E-state index contributed by atoms with van der Waals surface area (Å²) in [7, 11) is 0. The molecule has 3 rings (SSSR count). The Labute approximate surface area is 193 Å². The Balaban J connectivity index is 0.00000300. The van der Waals surface area contributed by atoms with Crippen LogP contribution in [0.4, 0.5) is 5.13 Å². The van der Waals surface area contributed by atoms with Crippen molar-refractivity contribution >= 4 is 46.4 Å². The van der Waals surface area contributed by atoms with Crippen LogP contribution in [0.3, 0.4) is 0 Å². The van der Waals surface area contributed by atoms with E-state index >= 15 is 0 Å². The SMILES string of the molecule is I.NC(=NCCCOCCOCc1ccccc1)N1CCN(c2nccs2)CC1. The van der Waals surface area contributed by atoms with Gasteiger partial charge in [0.1, 0.15) is 0 Å². The van der Waals surface area contributed by atoms with E-state index in [1.165, 1.54) is 5.56 Å². The zero-order valence-corrected chi connectivity index (χ0v) is 19.8. The van der Waals surface area contributed by atoms with Gasteiger partial charge in [-0.1, -0.05) is 30.3 Å². The molecule has 2 N–H and O–H groups in total. The molecule has 0 saturated carbocycles. The minimum atomic E-state index is 0. The number of ether oxygens (including phenoxy) is 2. The van der Waals surface area contributed by atoms with E-state index in [1.54, 1.807) is 11.3 Å². The maximum atomic E-state index is 6.13. The fourth-order valence-electron chi connectivity index (χ4n) is 2.94. The number of nitrogens with zero attached hydrogens (tertiary/aromatic N) is 4. The molecule has 1 aromatic heterocycles. The van der Waals surface area contributed by atoms with Gasteiger partial charge in [-0.2, -0.15) is 0 Å². The standard InChI is InChI=1S/C20H29N5O2S.HI/c21-19(24-9-11-25(12-10-24)20-23-8-16-28-20)22-7-4-13-26-14-15-27-17-18-5-2-1-3-6-18;/h1-3,5-6,8,16H,4,7,9-15,17H2,(H2,21,22);1H. The smallest absolute Gasteiger partial charge is 0.191 e. The van der Waals surface area contributed by atoms with Crippen molar-refractivity contribution in [1.82, 2.24) is 9.88 Å². The van der Waals surface area contributed by atoms with Gasteiger partial charge < -0.3 is 25.0 Å². The Hall–Kier alpha value is -1.43. The van der Waals surface area contributed by atoms with E-state index in [0.717, 1.165) is 37.7 Å². The highest BCUT2D eigenvalue weighted by atomic mass is 127. The molecule has 0 unspecified atom stereocenters. The molecule has 1 saturated heterocycles. The average molecular weight is 531 g/mol. The van der Waals surface area contributed by atoms with Gasteiger partial charge in [0.25, 0.3) is 0 Å². The number of aromatic nitrogens is 1. The zero-order chi connectivity index (χ0) is 19.4. The number of hydrogen-bond acceptors (Lipinski definition) is 6. The largest absolute Gasteiger partial charge is 0.379 e. The summed E-state index contributed by atoms with van der Waals surface area (Å²) in [6.45, 7) is 6.79. The van der Waals surface area contributed by atoms with E-state index in [4.69, 9.17) is 15.2 Å². The lowest BCUT2D eigenvalue weighted by Crippen LogP contribution is -2.51. The molecule has 2 heterocycles. The first-order valence-electron chi connectivity index (χ1n) is 9.71. The van der Waals surface area contributed by atoms with E-state index in [-0.39, 0.29) is 24.0 Å². The lowest BCUT2D eigenvalue weighted by atomic mass is 10.2. The van der Waals surface area contributed by atoms with Crippen molar-refractivity contribution < 1.29 is 9.47 Å². The Bertz CT molecular complexity index is 694. The number of benzene rings is 1. The molecule has 0 bridgehead atoms. The second-order valence-electron chi connectivity index (χ2n) is 6.53. The van der Waals surface area contributed by atoms with Crippen LogP contribution >= 0.6 is 35.3 Å². The van der Waals surface area contributed by atoms with Crippen molar-refractivity contribution in [1.29, 1.82) is 0 Å². The minimum Gasteiger partial charge on any atom is -0.379 e. The number of aliphatic imine (C=N–C) groups is 1. The maximum absolute atomic E-state index is 6.13. The minimum absolute atomic E-state index is 0. The summed E-state index contributed by atoms with van der Waals surface area (Å²) in [5.41, 5.74) is 7.31. The van der Waals surface area contributed by atoms with Crippen LogP contribution in [-0.4, -0.2) is 68.4 Å². The molecule has 7 nitrogen and oxygen atoms in total. The average Bonchev–Trinajstić information content (AvgIpc) is 3.28. The first kappa shape index (κ1) is 23.8. The van der Waals surface area contributed by atoms with Crippen molar-refractivity contribution in [3.63, 3.8) is 0 Å². The van der Waals surface area contributed by atoms with Crippen LogP contribution in [0.2, 0.25) is 0 Å². The van der Waals surface area contributed by atoms with Gasteiger partial charge in [-0.3, -0.25) is 4.99 Å². The predicted octanol–water partition coefficient (Wildman–Crippen LogP) is 2.82. The van der Waals surface area contributed by atoms with Gasteiger partial charge in [0.2, 0.25) is 0 Å². The van der Waals surface area contributed by atoms with Gasteiger partial charge in [0.05, 0.1) is 19.8 Å². The highest BCUT2D eigenvalue weighted by Gasteiger charge is 2.19. The van der Waals surface area contributed by atoms with Crippen molar-refractivity contribution in [3.8, 4) is 0 Å². The number of nitrogens with two attached hydrogens (primary N) is 1. The first-order valence-corrected chi connectivity index (χ1v) is 10.6. The third-order valence-electron chi connectivity index (χ3n) is 4.50. The molecule has 160 valence electrons. The second-order valence-corrected chi connectivity index (χ2v) is 7.41. The summed E-state index contributed by atoms with van der Waals surface area (Å²) in [4.78, 5) is 13.3. The van der Waals surface area contributed by atoms with Crippen LogP contribution in [0.25, 0.3) is 0 Å². The second kappa shape index (κ2) is 13.7. The molecule has 0 spiro atoms. The number of piperazine rings is 1. The molecule has 0 aliphatic carbocycles. The van der Waals surface area contributed by atoms with Gasteiger partial charge in [0, 0.05) is 50.9 Å². The Morgan fingerprint density at radius 1 is 1.07 bits per heavy atom. The van der Waals surface area contributed by atoms with Crippen LogP contribution in [-0.2, 0) is 16.1 Å². The Morgan fingerprint density at radius 3 is 2.55 bits per heavy atom. The third-order valence-corrected chi connectivity index (χ3v) is 5.33. The predicted molar refractivity (Wildman–Crippen MR) is 129 cm³/mol. The molecule has 0 radical (unpaired) electrons. The molecule has 1 aliphatic rings. The fourth-order valence-corrected chi connectivity index (χ4v) is 3.64. The first-order chi connectivity index (χ1) is 13.8. The van der Waals surface area contributed by atoms with Gasteiger partial charge in [0.15, 0.2) is 11.1 Å². The van der Waals surface area contributed by atoms with Crippen molar-refractivity contribution in [2.75, 3.05) is 57.4 Å². The molecular weight excluding hydrogens is 501 g/mol. The van der Waals surface area contributed by atoms with E-state index in [0.29, 0.717) is 38.9 Å². The molecule has 9 heteroatoms. The molecule has 0 amide bonds. The van der Waals surface area contributed by atoms with Crippen LogP contribution in [0.5, 0.6) is 0 Å². The van der Waals surface area contributed by atoms with Crippen LogP contribution < -0.4 is 10.6 Å². The van der Waals surface area contributed by atoms with Gasteiger partial charge in [-0.15, -0.1) is 35.3 Å². The topological polar surface area (TPSA) is 76.2 Å². The third kappa shape index (κ3) is 8.45. The summed E-state index contributed by atoms with van der Waals surface area (Å²) in [5.74, 6) is 0.630. The number of hydrogen-bond donors (Lipinski definition) is 1. The highest BCUT2D eigenvalue weighted by molar-refractivity contribution is 14.0. The number of rotatable bonds is 10. The molecule has 0 atom stereocenters. The summed E-state index contributed by atoms with van der Waals surface area (Å²) >= 11 is 1.68. The van der Waals surface area contributed by atoms with E-state index in [2.05, 4.69) is 31.9 Å². The maximum Gasteiger partial charge on any atom is 0.191 e. The highest BCUT2D eigenvalue weighted by Crippen LogP contribution is 2.18. The van der Waals surface area contributed by atoms with Crippen molar-refractivity contribution in [2.45, 2.75) is 13.0 Å². The Morgan fingerprint density at radius 2 is 1.83 bits per heavy atom. The van der Waals surface area contributed by atoms with Crippen LogP contribution in [0.15, 0.2) is 46.9 Å². The van der Waals surface area contributed by atoms with Crippen molar-refractivity contribution in [2.24, 2.45) is 10.7 Å². The molecule has 1 aromatic carbocycles. The molecular formula is C20H30IN5O2S. The Kier molecular flexibility index (Phi) is 11.3. The van der Waals surface area contributed by atoms with Crippen LogP contribution in [0, 0.1) is 0 Å². The number of anilines is 1. The molecule has 2 aromatic rings. The summed E-state index contributed by atoms with van der Waals surface area (Å²) < 4.78 is 11.2. The number of thiazole rings is 1. The summed E-state index contributed by atoms with van der Waals surface area (Å²) in [5, 5.41) is 3.09. The quantitative estimate of drug-likeness (QED) is 0.220. The zero-order valence-electron chi connectivity index (χ0n) is 16.6. The number of guanidine groups is 1. The summed E-state index contributed by atoms with van der Waals surface area (Å²) in [6, 6.07) is 10.2. The normalized spacial score (nSPS) is 14.7. The number of halogens is 1. The van der Waals surface area contributed by atoms with Gasteiger partial charge >= 0.3 is 0 Å². The molecule has 1 fully saturated rings. The van der Waals surface area contributed by atoms with Crippen LogP contribution in [0.1, 0.15) is 12.0 Å². The van der Waals surface area contributed by atoms with Gasteiger partial charge in [-0.25, -0.2) is 4.98 Å². The van der Waals surface area contributed by atoms with E-state index in [9.17, 15) is 0 Å².